The van der Waals surface area contributed by atoms with Gasteiger partial charge in [-0.3, -0.25) is 0 Å². The molecule has 6 heteroatoms. The van der Waals surface area contributed by atoms with E-state index in [1.807, 2.05) is 30.3 Å². The molecule has 1 aliphatic rings. The highest BCUT2D eigenvalue weighted by Gasteiger charge is 2.23. The SMILES string of the molecule is COCCC(C)N1CCc2ccc(Nc3ncn(-c4ccccc4)n3)cc21. The zero-order valence-corrected chi connectivity index (χ0v) is 15.8. The van der Waals surface area contributed by atoms with Gasteiger partial charge in [-0.25, -0.2) is 4.68 Å². The van der Waals surface area contributed by atoms with Gasteiger partial charge >= 0.3 is 0 Å². The lowest BCUT2D eigenvalue weighted by atomic mass is 10.1. The lowest BCUT2D eigenvalue weighted by Crippen LogP contribution is -2.32. The van der Waals surface area contributed by atoms with Crippen molar-refractivity contribution in [2.45, 2.75) is 25.8 Å². The fourth-order valence-corrected chi connectivity index (χ4v) is 3.54. The summed E-state index contributed by atoms with van der Waals surface area (Å²) in [5, 5.41) is 7.86. The molecule has 0 fully saturated rings. The first-order valence-corrected chi connectivity index (χ1v) is 9.37. The number of methoxy groups -OCH3 is 1. The van der Waals surface area contributed by atoms with Gasteiger partial charge in [-0.15, -0.1) is 5.10 Å². The van der Waals surface area contributed by atoms with Crippen LogP contribution in [0.5, 0.6) is 0 Å². The van der Waals surface area contributed by atoms with E-state index in [-0.39, 0.29) is 0 Å². The van der Waals surface area contributed by atoms with Crippen molar-refractivity contribution in [2.75, 3.05) is 30.5 Å². The fourth-order valence-electron chi connectivity index (χ4n) is 3.54. The molecule has 1 N–H and O–H groups in total. The molecule has 0 spiro atoms. The molecule has 2 aromatic carbocycles. The van der Waals surface area contributed by atoms with E-state index in [0.29, 0.717) is 12.0 Å². The minimum Gasteiger partial charge on any atom is -0.385 e. The van der Waals surface area contributed by atoms with E-state index in [4.69, 9.17) is 4.74 Å². The maximum Gasteiger partial charge on any atom is 0.246 e. The van der Waals surface area contributed by atoms with Gasteiger partial charge in [0.25, 0.3) is 0 Å². The Balaban J connectivity index is 1.50. The maximum atomic E-state index is 5.24. The number of para-hydroxylation sites is 1. The summed E-state index contributed by atoms with van der Waals surface area (Å²) < 4.78 is 7.02. The van der Waals surface area contributed by atoms with Crippen LogP contribution < -0.4 is 10.2 Å². The molecular weight excluding hydrogens is 338 g/mol. The van der Waals surface area contributed by atoms with Crippen LogP contribution in [-0.2, 0) is 11.2 Å². The number of hydrogen-bond acceptors (Lipinski definition) is 5. The molecule has 2 heterocycles. The van der Waals surface area contributed by atoms with Crippen LogP contribution >= 0.6 is 0 Å². The number of benzene rings is 2. The third-order valence-corrected chi connectivity index (χ3v) is 5.06. The molecule has 1 aromatic heterocycles. The Bertz CT molecular complexity index is 893. The minimum absolute atomic E-state index is 0.455. The Morgan fingerprint density at radius 1 is 1.19 bits per heavy atom. The first kappa shape index (κ1) is 17.5. The highest BCUT2D eigenvalue weighted by Crippen LogP contribution is 2.33. The summed E-state index contributed by atoms with van der Waals surface area (Å²) >= 11 is 0. The summed E-state index contributed by atoms with van der Waals surface area (Å²) in [5.41, 5.74) is 4.69. The molecule has 0 saturated heterocycles. The molecule has 1 atom stereocenters. The fraction of sp³-hybridized carbons (Fsp3) is 0.333. The van der Waals surface area contributed by atoms with Gasteiger partial charge in [-0.2, -0.15) is 4.98 Å². The summed E-state index contributed by atoms with van der Waals surface area (Å²) in [6, 6.07) is 16.9. The highest BCUT2D eigenvalue weighted by molar-refractivity contribution is 5.68. The van der Waals surface area contributed by atoms with Gasteiger partial charge in [0.2, 0.25) is 5.95 Å². The topological polar surface area (TPSA) is 55.2 Å². The molecule has 140 valence electrons. The Hall–Kier alpha value is -2.86. The number of aromatic nitrogens is 3. The zero-order valence-electron chi connectivity index (χ0n) is 15.8. The van der Waals surface area contributed by atoms with Gasteiger partial charge in [0.15, 0.2) is 0 Å². The average Bonchev–Trinajstić information content (AvgIpc) is 3.34. The summed E-state index contributed by atoms with van der Waals surface area (Å²) in [7, 11) is 1.76. The van der Waals surface area contributed by atoms with Crippen molar-refractivity contribution in [3.8, 4) is 5.69 Å². The molecule has 4 rings (SSSR count). The number of anilines is 3. The lowest BCUT2D eigenvalue weighted by Gasteiger charge is -2.27. The van der Waals surface area contributed by atoms with Crippen molar-refractivity contribution in [3.63, 3.8) is 0 Å². The number of ether oxygens (including phenoxy) is 1. The summed E-state index contributed by atoms with van der Waals surface area (Å²) in [6.07, 6.45) is 3.84. The number of rotatable bonds is 7. The van der Waals surface area contributed by atoms with Gasteiger partial charge < -0.3 is 15.0 Å². The number of nitrogens with one attached hydrogen (secondary N) is 1. The Morgan fingerprint density at radius 3 is 2.85 bits per heavy atom. The second kappa shape index (κ2) is 7.80. The van der Waals surface area contributed by atoms with Gasteiger partial charge in [0, 0.05) is 37.7 Å². The summed E-state index contributed by atoms with van der Waals surface area (Å²) in [4.78, 5) is 6.85. The van der Waals surface area contributed by atoms with Crippen LogP contribution in [0.4, 0.5) is 17.3 Å². The van der Waals surface area contributed by atoms with Crippen LogP contribution in [0.3, 0.4) is 0 Å². The molecule has 1 unspecified atom stereocenters. The van der Waals surface area contributed by atoms with Crippen molar-refractivity contribution >= 4 is 17.3 Å². The van der Waals surface area contributed by atoms with E-state index >= 15 is 0 Å². The monoisotopic (exact) mass is 363 g/mol. The summed E-state index contributed by atoms with van der Waals surface area (Å²) in [5.74, 6) is 0.593. The first-order chi connectivity index (χ1) is 13.2. The maximum absolute atomic E-state index is 5.24. The molecule has 0 radical (unpaired) electrons. The summed E-state index contributed by atoms with van der Waals surface area (Å²) in [6.45, 7) is 4.10. The van der Waals surface area contributed by atoms with Crippen LogP contribution in [0.2, 0.25) is 0 Å². The first-order valence-electron chi connectivity index (χ1n) is 9.37. The molecule has 0 saturated carbocycles. The quantitative estimate of drug-likeness (QED) is 0.692. The van der Waals surface area contributed by atoms with Gasteiger partial charge in [0.1, 0.15) is 6.33 Å². The molecule has 1 aliphatic heterocycles. The molecular formula is C21H25N5O. The third kappa shape index (κ3) is 3.80. The molecule has 6 nitrogen and oxygen atoms in total. The van der Waals surface area contributed by atoms with Gasteiger partial charge in [0.05, 0.1) is 5.69 Å². The third-order valence-electron chi connectivity index (χ3n) is 5.06. The van der Waals surface area contributed by atoms with Crippen molar-refractivity contribution < 1.29 is 4.74 Å². The predicted molar refractivity (Wildman–Crippen MR) is 108 cm³/mol. The van der Waals surface area contributed by atoms with Crippen LogP contribution in [0.15, 0.2) is 54.9 Å². The molecule has 0 aliphatic carbocycles. The normalized spacial score (nSPS) is 14.2. The van der Waals surface area contributed by atoms with Gasteiger partial charge in [-0.1, -0.05) is 24.3 Å². The molecule has 27 heavy (non-hydrogen) atoms. The van der Waals surface area contributed by atoms with Crippen molar-refractivity contribution in [2.24, 2.45) is 0 Å². The number of fused-ring (bicyclic) bond motifs is 1. The van der Waals surface area contributed by atoms with Crippen molar-refractivity contribution in [1.29, 1.82) is 0 Å². The lowest BCUT2D eigenvalue weighted by molar-refractivity contribution is 0.188. The van der Waals surface area contributed by atoms with Crippen molar-refractivity contribution in [1.82, 2.24) is 14.8 Å². The molecule has 0 bridgehead atoms. The van der Waals surface area contributed by atoms with E-state index in [1.165, 1.54) is 11.3 Å². The van der Waals surface area contributed by atoms with E-state index in [2.05, 4.69) is 45.4 Å². The van der Waals surface area contributed by atoms with E-state index in [9.17, 15) is 0 Å². The largest absolute Gasteiger partial charge is 0.385 e. The van der Waals surface area contributed by atoms with E-state index in [0.717, 1.165) is 37.4 Å². The van der Waals surface area contributed by atoms with Gasteiger partial charge in [-0.05, 0) is 49.6 Å². The van der Waals surface area contributed by atoms with Crippen LogP contribution in [-0.4, -0.2) is 41.1 Å². The Labute approximate surface area is 159 Å². The Morgan fingerprint density at radius 2 is 2.04 bits per heavy atom. The van der Waals surface area contributed by atoms with E-state index < -0.39 is 0 Å². The van der Waals surface area contributed by atoms with E-state index in [1.54, 1.807) is 18.1 Å². The second-order valence-corrected chi connectivity index (χ2v) is 6.89. The smallest absolute Gasteiger partial charge is 0.246 e. The molecule has 3 aromatic rings. The highest BCUT2D eigenvalue weighted by atomic mass is 16.5. The Kier molecular flexibility index (Phi) is 5.07. The molecule has 0 amide bonds. The number of nitrogens with zero attached hydrogens (tertiary/aromatic N) is 4. The second-order valence-electron chi connectivity index (χ2n) is 6.89. The average molecular weight is 363 g/mol. The number of hydrogen-bond donors (Lipinski definition) is 1. The predicted octanol–water partition coefficient (Wildman–Crippen LogP) is 3.80. The van der Waals surface area contributed by atoms with Crippen molar-refractivity contribution in [3.05, 3.63) is 60.4 Å². The van der Waals surface area contributed by atoms with Crippen LogP contribution in [0.25, 0.3) is 5.69 Å². The van der Waals surface area contributed by atoms with Crippen LogP contribution in [0.1, 0.15) is 18.9 Å². The van der Waals surface area contributed by atoms with Crippen LogP contribution in [0, 0.1) is 0 Å². The minimum atomic E-state index is 0.455. The zero-order chi connectivity index (χ0) is 18.6. The standard InChI is InChI=1S/C21H25N5O/c1-16(11-13-27-2)25-12-10-17-8-9-18(14-20(17)25)23-21-22-15-26(24-21)19-6-4-3-5-7-19/h3-9,14-16H,10-13H2,1-2H3,(H,23,24).